The van der Waals surface area contributed by atoms with Crippen LogP contribution in [0.1, 0.15) is 16.7 Å². The van der Waals surface area contributed by atoms with Crippen molar-refractivity contribution in [1.82, 2.24) is 0 Å². The molecule has 0 spiro atoms. The topological polar surface area (TPSA) is 0 Å². The van der Waals surface area contributed by atoms with E-state index in [1.54, 1.807) is 0 Å². The maximum absolute atomic E-state index is 14.4. The normalized spacial score (nSPS) is 11.9. The van der Waals surface area contributed by atoms with E-state index < -0.39 is 14.0 Å². The van der Waals surface area contributed by atoms with E-state index in [0.717, 1.165) is 16.7 Å². The highest BCUT2D eigenvalue weighted by Gasteiger charge is 2.36. The van der Waals surface area contributed by atoms with Crippen molar-refractivity contribution in [1.29, 1.82) is 0 Å². The van der Waals surface area contributed by atoms with Crippen LogP contribution in [0.4, 0.5) is 4.20 Å². The van der Waals surface area contributed by atoms with Crippen LogP contribution < -0.4 is 0 Å². The fourth-order valence-electron chi connectivity index (χ4n) is 2.73. The Kier molecular flexibility index (Phi) is 4.13. The highest BCUT2D eigenvalue weighted by molar-refractivity contribution is 7.34. The Hall–Kier alpha value is -1.98. The summed E-state index contributed by atoms with van der Waals surface area (Å²) >= 11 is 0. The molecule has 0 bridgehead atoms. The lowest BCUT2D eigenvalue weighted by Crippen LogP contribution is -2.23. The molecule has 0 heterocycles. The molecule has 0 aliphatic heterocycles. The first kappa shape index (κ1) is 14.0. The third-order valence-electron chi connectivity index (χ3n) is 3.76. The fraction of sp³-hybridized carbons (Fsp3) is 0.0526. The standard InChI is InChI=1S/C19H16FP/c20-21-19(16-10-4-1-5-11-16,17-12-6-2-7-13-17)18-14-8-3-9-15-18/h1-15,21H. The molecular weight excluding hydrogens is 278 g/mol. The average molecular weight is 294 g/mol. The quantitative estimate of drug-likeness (QED) is 0.437. The van der Waals surface area contributed by atoms with Gasteiger partial charge in [-0.1, -0.05) is 91.0 Å². The summed E-state index contributed by atoms with van der Waals surface area (Å²) in [7, 11) is -0.749. The lowest BCUT2D eigenvalue weighted by atomic mass is 9.84. The molecule has 0 saturated carbocycles. The molecule has 1 unspecified atom stereocenters. The highest BCUT2D eigenvalue weighted by Crippen LogP contribution is 2.52. The maximum atomic E-state index is 14.4. The molecule has 3 aromatic carbocycles. The number of rotatable bonds is 4. The molecule has 3 aromatic rings. The smallest absolute Gasteiger partial charge is 0.0917 e. The first-order chi connectivity index (χ1) is 10.4. The summed E-state index contributed by atoms with van der Waals surface area (Å²) in [5.41, 5.74) is 2.97. The van der Waals surface area contributed by atoms with Gasteiger partial charge in [0.05, 0.1) is 14.0 Å². The summed E-state index contributed by atoms with van der Waals surface area (Å²) in [5.74, 6) is 0. The molecule has 1 atom stereocenters. The lowest BCUT2D eigenvalue weighted by molar-refractivity contribution is 0.803. The molecule has 2 heteroatoms. The van der Waals surface area contributed by atoms with Crippen molar-refractivity contribution in [2.75, 3.05) is 0 Å². The monoisotopic (exact) mass is 294 g/mol. The third-order valence-corrected chi connectivity index (χ3v) is 4.91. The van der Waals surface area contributed by atoms with Gasteiger partial charge in [-0.3, -0.25) is 0 Å². The second-order valence-electron chi connectivity index (χ2n) is 4.94. The predicted molar refractivity (Wildman–Crippen MR) is 88.6 cm³/mol. The summed E-state index contributed by atoms with van der Waals surface area (Å²) in [5, 5.41) is -0.718. The number of hydrogen-bond acceptors (Lipinski definition) is 0. The van der Waals surface area contributed by atoms with Gasteiger partial charge in [-0.2, -0.15) is 0 Å². The Morgan fingerprint density at radius 1 is 0.524 bits per heavy atom. The Morgan fingerprint density at radius 3 is 1.05 bits per heavy atom. The third kappa shape index (κ3) is 2.50. The molecule has 0 N–H and O–H groups in total. The summed E-state index contributed by atoms with van der Waals surface area (Å²) in [6.45, 7) is 0. The Labute approximate surface area is 126 Å². The zero-order chi connectivity index (χ0) is 14.5. The molecule has 0 amide bonds. The molecule has 0 radical (unpaired) electrons. The van der Waals surface area contributed by atoms with Crippen molar-refractivity contribution in [2.24, 2.45) is 0 Å². The molecule has 3 rings (SSSR count). The Morgan fingerprint density at radius 2 is 0.810 bits per heavy atom. The second-order valence-corrected chi connectivity index (χ2v) is 5.88. The predicted octanol–water partition coefficient (Wildman–Crippen LogP) is 5.54. The fourth-order valence-corrected chi connectivity index (χ4v) is 3.56. The van der Waals surface area contributed by atoms with Gasteiger partial charge in [-0.25, -0.2) is 4.20 Å². The van der Waals surface area contributed by atoms with Crippen LogP contribution in [0, 0.1) is 0 Å². The van der Waals surface area contributed by atoms with Crippen molar-refractivity contribution in [2.45, 2.75) is 5.16 Å². The molecule has 0 aromatic heterocycles. The van der Waals surface area contributed by atoms with E-state index >= 15 is 0 Å². The summed E-state index contributed by atoms with van der Waals surface area (Å²) < 4.78 is 14.4. The van der Waals surface area contributed by atoms with Gasteiger partial charge in [0.15, 0.2) is 0 Å². The van der Waals surface area contributed by atoms with Crippen molar-refractivity contribution < 1.29 is 4.20 Å². The minimum atomic E-state index is -0.749. The summed E-state index contributed by atoms with van der Waals surface area (Å²) in [4.78, 5) is 0. The van der Waals surface area contributed by atoms with Gasteiger partial charge in [-0.15, -0.1) is 0 Å². The van der Waals surface area contributed by atoms with Crippen molar-refractivity contribution in [3.8, 4) is 0 Å². The Bertz CT molecular complexity index is 584. The van der Waals surface area contributed by atoms with E-state index in [1.165, 1.54) is 0 Å². The van der Waals surface area contributed by atoms with Gasteiger partial charge in [0.2, 0.25) is 0 Å². The van der Waals surface area contributed by atoms with Crippen LogP contribution in [0.25, 0.3) is 0 Å². The number of halogens is 1. The molecule has 0 nitrogen and oxygen atoms in total. The largest absolute Gasteiger partial charge is 0.229 e. The average Bonchev–Trinajstić information content (AvgIpc) is 2.59. The summed E-state index contributed by atoms with van der Waals surface area (Å²) in [6, 6.07) is 29.7. The second kappa shape index (κ2) is 6.20. The molecular formula is C19H16FP. The van der Waals surface area contributed by atoms with Gasteiger partial charge in [0.25, 0.3) is 0 Å². The van der Waals surface area contributed by atoms with Crippen LogP contribution >= 0.6 is 8.89 Å². The molecule has 0 aliphatic rings. The highest BCUT2D eigenvalue weighted by atomic mass is 31.1. The van der Waals surface area contributed by atoms with Gasteiger partial charge in [-0.05, 0) is 16.7 Å². The maximum Gasteiger partial charge on any atom is 0.0917 e. The molecule has 0 saturated heterocycles. The van der Waals surface area contributed by atoms with Crippen molar-refractivity contribution in [3.63, 3.8) is 0 Å². The molecule has 104 valence electrons. The van der Waals surface area contributed by atoms with Gasteiger partial charge >= 0.3 is 0 Å². The van der Waals surface area contributed by atoms with Gasteiger partial charge < -0.3 is 0 Å². The van der Waals surface area contributed by atoms with Crippen LogP contribution in [0.2, 0.25) is 0 Å². The van der Waals surface area contributed by atoms with E-state index in [4.69, 9.17) is 0 Å². The van der Waals surface area contributed by atoms with Gasteiger partial charge in [0.1, 0.15) is 0 Å². The van der Waals surface area contributed by atoms with Crippen LogP contribution in [-0.2, 0) is 5.16 Å². The van der Waals surface area contributed by atoms with Crippen LogP contribution in [0.15, 0.2) is 91.0 Å². The van der Waals surface area contributed by atoms with E-state index in [0.29, 0.717) is 0 Å². The van der Waals surface area contributed by atoms with E-state index in [9.17, 15) is 4.20 Å². The van der Waals surface area contributed by atoms with Gasteiger partial charge in [0, 0.05) is 0 Å². The minimum Gasteiger partial charge on any atom is -0.229 e. The van der Waals surface area contributed by atoms with Crippen LogP contribution in [-0.4, -0.2) is 0 Å². The zero-order valence-electron chi connectivity index (χ0n) is 11.5. The molecule has 21 heavy (non-hydrogen) atoms. The van der Waals surface area contributed by atoms with E-state index in [1.807, 2.05) is 91.0 Å². The van der Waals surface area contributed by atoms with Crippen molar-refractivity contribution in [3.05, 3.63) is 108 Å². The van der Waals surface area contributed by atoms with Crippen LogP contribution in [0.5, 0.6) is 0 Å². The lowest BCUT2D eigenvalue weighted by Gasteiger charge is -2.32. The molecule has 0 aliphatic carbocycles. The zero-order valence-corrected chi connectivity index (χ0v) is 12.5. The van der Waals surface area contributed by atoms with Crippen molar-refractivity contribution >= 4 is 8.89 Å². The first-order valence-electron chi connectivity index (χ1n) is 6.92. The SMILES string of the molecule is FPC(c1ccccc1)(c1ccccc1)c1ccccc1. The minimum absolute atomic E-state index is 0.718. The van der Waals surface area contributed by atoms with Crippen LogP contribution in [0.3, 0.4) is 0 Å². The number of hydrogen-bond donors (Lipinski definition) is 0. The number of benzene rings is 3. The summed E-state index contributed by atoms with van der Waals surface area (Å²) in [6.07, 6.45) is 0. The first-order valence-corrected chi connectivity index (χ1v) is 7.80. The molecule has 0 fully saturated rings. The van der Waals surface area contributed by atoms with E-state index in [-0.39, 0.29) is 0 Å². The van der Waals surface area contributed by atoms with E-state index in [2.05, 4.69) is 0 Å². The Balaban J connectivity index is 2.29.